The van der Waals surface area contributed by atoms with Crippen LogP contribution in [0, 0.1) is 0 Å². The van der Waals surface area contributed by atoms with Crippen LogP contribution >= 0.6 is 11.3 Å². The van der Waals surface area contributed by atoms with Gasteiger partial charge in [-0.15, -0.1) is 11.3 Å². The van der Waals surface area contributed by atoms with E-state index in [0.717, 1.165) is 28.9 Å². The van der Waals surface area contributed by atoms with Crippen molar-refractivity contribution in [3.8, 4) is 20.9 Å². The maximum absolute atomic E-state index is 11.0. The lowest BCUT2D eigenvalue weighted by atomic mass is 9.87. The van der Waals surface area contributed by atoms with E-state index >= 15 is 0 Å². The molecule has 0 amide bonds. The normalized spacial score (nSPS) is 11.3. The van der Waals surface area contributed by atoms with Crippen LogP contribution in [0.2, 0.25) is 0 Å². The highest BCUT2D eigenvalue weighted by Crippen LogP contribution is 2.38. The zero-order valence-corrected chi connectivity index (χ0v) is 21.6. The third kappa shape index (κ3) is 5.02. The molecule has 0 saturated heterocycles. The maximum Gasteiger partial charge on any atom is 0.150 e. The molecule has 36 heavy (non-hydrogen) atoms. The minimum atomic E-state index is 0.119. The Morgan fingerprint density at radius 1 is 0.583 bits per heavy atom. The molecule has 5 aromatic rings. The van der Waals surface area contributed by atoms with Crippen LogP contribution in [0.15, 0.2) is 115 Å². The molecule has 0 bridgehead atoms. The molecule has 2 nitrogen and oxygen atoms in total. The van der Waals surface area contributed by atoms with E-state index in [9.17, 15) is 4.79 Å². The SMILES string of the molecule is CC(C)(C)c1ccc(N(c2ccccc2)c2ccc(-c3ccc(-c4ccc(C=O)cc4)s3)cc2)cc1. The number of rotatable bonds is 6. The Morgan fingerprint density at radius 3 is 1.56 bits per heavy atom. The number of hydrogen-bond acceptors (Lipinski definition) is 3. The minimum absolute atomic E-state index is 0.119. The standard InChI is InChI=1S/C33H29NOS/c1-33(2,3)27-15-19-30(20-16-27)34(28-7-5-4-6-8-28)29-17-13-26(14-18-29)32-22-21-31(36-32)25-11-9-24(23-35)10-12-25/h4-23H,1-3H3. The van der Waals surface area contributed by atoms with E-state index in [0.29, 0.717) is 5.56 Å². The predicted octanol–water partition coefficient (Wildman–Crippen LogP) is 9.66. The second kappa shape index (κ2) is 9.96. The monoisotopic (exact) mass is 487 g/mol. The highest BCUT2D eigenvalue weighted by Gasteiger charge is 2.16. The van der Waals surface area contributed by atoms with Gasteiger partial charge < -0.3 is 4.90 Å². The third-order valence-electron chi connectivity index (χ3n) is 6.35. The van der Waals surface area contributed by atoms with Crippen molar-refractivity contribution in [1.82, 2.24) is 0 Å². The average Bonchev–Trinajstić information content (AvgIpc) is 3.40. The van der Waals surface area contributed by atoms with Gasteiger partial charge in [-0.1, -0.05) is 87.5 Å². The van der Waals surface area contributed by atoms with Crippen molar-refractivity contribution >= 4 is 34.7 Å². The van der Waals surface area contributed by atoms with Crippen LogP contribution in [-0.4, -0.2) is 6.29 Å². The fourth-order valence-corrected chi connectivity index (χ4v) is 5.30. The molecular weight excluding hydrogens is 458 g/mol. The van der Waals surface area contributed by atoms with E-state index in [1.54, 1.807) is 11.3 Å². The van der Waals surface area contributed by atoms with Crippen molar-refractivity contribution in [3.05, 3.63) is 126 Å². The Balaban J connectivity index is 1.45. The predicted molar refractivity (Wildman–Crippen MR) is 154 cm³/mol. The van der Waals surface area contributed by atoms with Crippen LogP contribution < -0.4 is 4.90 Å². The number of thiophene rings is 1. The van der Waals surface area contributed by atoms with E-state index in [2.05, 4.69) is 111 Å². The summed E-state index contributed by atoms with van der Waals surface area (Å²) in [6.07, 6.45) is 0.878. The Kier molecular flexibility index (Phi) is 6.58. The zero-order valence-electron chi connectivity index (χ0n) is 20.8. The van der Waals surface area contributed by atoms with Gasteiger partial charge in [-0.3, -0.25) is 4.79 Å². The van der Waals surface area contributed by atoms with Gasteiger partial charge >= 0.3 is 0 Å². The molecule has 0 fully saturated rings. The van der Waals surface area contributed by atoms with Gasteiger partial charge in [0.2, 0.25) is 0 Å². The lowest BCUT2D eigenvalue weighted by Crippen LogP contribution is -2.13. The molecule has 0 radical (unpaired) electrons. The second-order valence-corrected chi connectivity index (χ2v) is 11.0. The number of anilines is 3. The summed E-state index contributed by atoms with van der Waals surface area (Å²) in [7, 11) is 0. The van der Waals surface area contributed by atoms with E-state index in [1.165, 1.54) is 20.9 Å². The van der Waals surface area contributed by atoms with Crippen LogP contribution in [0.5, 0.6) is 0 Å². The van der Waals surface area contributed by atoms with Crippen LogP contribution in [0.1, 0.15) is 36.7 Å². The molecule has 1 heterocycles. The number of carbonyl (C=O) groups excluding carboxylic acids is 1. The summed E-state index contributed by atoms with van der Waals surface area (Å²) in [6, 6.07) is 40.2. The first-order valence-electron chi connectivity index (χ1n) is 12.1. The largest absolute Gasteiger partial charge is 0.311 e. The van der Waals surface area contributed by atoms with Gasteiger partial charge in [0, 0.05) is 32.4 Å². The highest BCUT2D eigenvalue weighted by atomic mass is 32.1. The van der Waals surface area contributed by atoms with Gasteiger partial charge in [0.05, 0.1) is 0 Å². The molecule has 5 rings (SSSR count). The van der Waals surface area contributed by atoms with Gasteiger partial charge in [0.1, 0.15) is 6.29 Å². The van der Waals surface area contributed by atoms with Gasteiger partial charge in [-0.2, -0.15) is 0 Å². The Labute approximate surface area is 217 Å². The lowest BCUT2D eigenvalue weighted by Gasteiger charge is -2.27. The number of benzene rings is 4. The van der Waals surface area contributed by atoms with E-state index in [4.69, 9.17) is 0 Å². The third-order valence-corrected chi connectivity index (χ3v) is 7.54. The first-order valence-corrected chi connectivity index (χ1v) is 13.0. The summed E-state index contributed by atoms with van der Waals surface area (Å²) in [5.41, 5.74) is 7.84. The van der Waals surface area contributed by atoms with Gasteiger partial charge in [0.15, 0.2) is 0 Å². The average molecular weight is 488 g/mol. The van der Waals surface area contributed by atoms with Crippen molar-refractivity contribution in [2.75, 3.05) is 4.90 Å². The molecule has 0 N–H and O–H groups in total. The van der Waals surface area contributed by atoms with E-state index in [1.807, 2.05) is 30.3 Å². The smallest absolute Gasteiger partial charge is 0.150 e. The van der Waals surface area contributed by atoms with Gasteiger partial charge in [0.25, 0.3) is 0 Å². The van der Waals surface area contributed by atoms with Crippen molar-refractivity contribution in [2.45, 2.75) is 26.2 Å². The molecule has 0 spiro atoms. The fourth-order valence-electron chi connectivity index (χ4n) is 4.28. The van der Waals surface area contributed by atoms with Crippen LogP contribution in [-0.2, 0) is 5.41 Å². The summed E-state index contributed by atoms with van der Waals surface area (Å²) in [4.78, 5) is 15.7. The molecular formula is C33H29NOS. The van der Waals surface area contributed by atoms with Crippen LogP contribution in [0.25, 0.3) is 20.9 Å². The summed E-state index contributed by atoms with van der Waals surface area (Å²) in [5, 5.41) is 0. The highest BCUT2D eigenvalue weighted by molar-refractivity contribution is 7.18. The molecule has 0 unspecified atom stereocenters. The Hall–Kier alpha value is -3.95. The molecule has 0 aliphatic heterocycles. The van der Waals surface area contributed by atoms with Crippen molar-refractivity contribution in [1.29, 1.82) is 0 Å². The summed E-state index contributed by atoms with van der Waals surface area (Å²) < 4.78 is 0. The van der Waals surface area contributed by atoms with Gasteiger partial charge in [-0.05, 0) is 70.6 Å². The van der Waals surface area contributed by atoms with Crippen LogP contribution in [0.4, 0.5) is 17.1 Å². The molecule has 1 aromatic heterocycles. The fraction of sp³-hybridized carbons (Fsp3) is 0.121. The van der Waals surface area contributed by atoms with Crippen molar-refractivity contribution < 1.29 is 4.79 Å². The first-order chi connectivity index (χ1) is 17.4. The number of para-hydroxylation sites is 1. The molecule has 0 aliphatic carbocycles. The minimum Gasteiger partial charge on any atom is -0.311 e. The van der Waals surface area contributed by atoms with Crippen molar-refractivity contribution in [3.63, 3.8) is 0 Å². The number of aldehydes is 1. The molecule has 3 heteroatoms. The lowest BCUT2D eigenvalue weighted by molar-refractivity contribution is 0.112. The van der Waals surface area contributed by atoms with Gasteiger partial charge in [-0.25, -0.2) is 0 Å². The quantitative estimate of drug-likeness (QED) is 0.222. The summed E-state index contributed by atoms with van der Waals surface area (Å²) in [6.45, 7) is 6.73. The van der Waals surface area contributed by atoms with Crippen LogP contribution in [0.3, 0.4) is 0 Å². The number of nitrogens with zero attached hydrogens (tertiary/aromatic N) is 1. The topological polar surface area (TPSA) is 20.3 Å². The Morgan fingerprint density at radius 2 is 1.06 bits per heavy atom. The van der Waals surface area contributed by atoms with E-state index in [-0.39, 0.29) is 5.41 Å². The first kappa shape index (κ1) is 23.8. The maximum atomic E-state index is 11.0. The zero-order chi connectivity index (χ0) is 25.1. The van der Waals surface area contributed by atoms with Crippen molar-refractivity contribution in [2.24, 2.45) is 0 Å². The summed E-state index contributed by atoms with van der Waals surface area (Å²) >= 11 is 1.76. The molecule has 0 saturated carbocycles. The molecule has 0 atom stereocenters. The number of carbonyl (C=O) groups is 1. The summed E-state index contributed by atoms with van der Waals surface area (Å²) in [5.74, 6) is 0. The molecule has 0 aliphatic rings. The molecule has 4 aromatic carbocycles. The second-order valence-electron chi connectivity index (χ2n) is 9.92. The van der Waals surface area contributed by atoms with E-state index < -0.39 is 0 Å². The number of hydrogen-bond donors (Lipinski definition) is 0. The Bertz CT molecular complexity index is 1440. The molecule has 178 valence electrons.